The van der Waals surface area contributed by atoms with E-state index >= 15 is 0 Å². The summed E-state index contributed by atoms with van der Waals surface area (Å²) in [7, 11) is 1.73. The van der Waals surface area contributed by atoms with E-state index in [4.69, 9.17) is 4.74 Å². The Bertz CT molecular complexity index is 731. The van der Waals surface area contributed by atoms with Crippen LogP contribution in [0.3, 0.4) is 0 Å². The molecule has 1 amide bonds. The van der Waals surface area contributed by atoms with Gasteiger partial charge in [0.25, 0.3) is 5.91 Å². The first kappa shape index (κ1) is 15.4. The van der Waals surface area contributed by atoms with Crippen molar-refractivity contribution in [3.05, 3.63) is 71.3 Å². The molecule has 0 N–H and O–H groups in total. The van der Waals surface area contributed by atoms with Gasteiger partial charge >= 0.3 is 0 Å². The van der Waals surface area contributed by atoms with Crippen LogP contribution in [0.1, 0.15) is 40.4 Å². The third kappa shape index (κ3) is 2.43. The number of amides is 1. The van der Waals surface area contributed by atoms with Gasteiger partial charge < -0.3 is 4.74 Å². The van der Waals surface area contributed by atoms with Crippen LogP contribution in [0.25, 0.3) is 0 Å². The molecule has 0 spiro atoms. The average molecular weight is 322 g/mol. The Morgan fingerprint density at radius 1 is 1.08 bits per heavy atom. The number of hydrazine groups is 1. The van der Waals surface area contributed by atoms with E-state index < -0.39 is 0 Å². The van der Waals surface area contributed by atoms with Gasteiger partial charge in [-0.25, -0.2) is 5.01 Å². The summed E-state index contributed by atoms with van der Waals surface area (Å²) in [6, 6.07) is 18.5. The highest BCUT2D eigenvalue weighted by atomic mass is 16.5. The summed E-state index contributed by atoms with van der Waals surface area (Å²) in [5.74, 6) is 0.0995. The van der Waals surface area contributed by atoms with E-state index in [1.807, 2.05) is 41.4 Å². The largest absolute Gasteiger partial charge is 0.383 e. The summed E-state index contributed by atoms with van der Waals surface area (Å²) in [5.41, 5.74) is 3.06. The SMILES string of the molecule is COC[C@@H]1CCCN1N1C(=O)c2ccccc2[C@H]1c1ccccc1. The number of hydrogen-bond acceptors (Lipinski definition) is 3. The smallest absolute Gasteiger partial charge is 0.269 e. The molecule has 2 atom stereocenters. The van der Waals surface area contributed by atoms with E-state index in [2.05, 4.69) is 23.2 Å². The average Bonchev–Trinajstić information content (AvgIpc) is 3.19. The third-order valence-electron chi connectivity index (χ3n) is 5.04. The zero-order valence-corrected chi connectivity index (χ0v) is 13.9. The molecule has 0 aliphatic carbocycles. The number of rotatable bonds is 4. The summed E-state index contributed by atoms with van der Waals surface area (Å²) in [5, 5.41) is 4.19. The van der Waals surface area contributed by atoms with Crippen molar-refractivity contribution in [3.63, 3.8) is 0 Å². The quantitative estimate of drug-likeness (QED) is 0.866. The molecule has 124 valence electrons. The second-order valence-electron chi connectivity index (χ2n) is 6.46. The molecule has 2 aromatic carbocycles. The summed E-state index contributed by atoms with van der Waals surface area (Å²) < 4.78 is 5.39. The van der Waals surface area contributed by atoms with E-state index in [-0.39, 0.29) is 18.0 Å². The maximum absolute atomic E-state index is 13.2. The van der Waals surface area contributed by atoms with Crippen molar-refractivity contribution in [2.24, 2.45) is 0 Å². The number of nitrogens with zero attached hydrogens (tertiary/aromatic N) is 2. The Balaban J connectivity index is 1.79. The number of hydrogen-bond donors (Lipinski definition) is 0. The Morgan fingerprint density at radius 3 is 2.62 bits per heavy atom. The van der Waals surface area contributed by atoms with Crippen LogP contribution in [0.4, 0.5) is 0 Å². The lowest BCUT2D eigenvalue weighted by Gasteiger charge is -2.37. The van der Waals surface area contributed by atoms with E-state index in [9.17, 15) is 4.79 Å². The van der Waals surface area contributed by atoms with Crippen molar-refractivity contribution >= 4 is 5.91 Å². The zero-order valence-electron chi connectivity index (χ0n) is 13.9. The molecule has 4 rings (SSSR count). The van der Waals surface area contributed by atoms with Crippen molar-refractivity contribution in [1.29, 1.82) is 0 Å². The van der Waals surface area contributed by atoms with Gasteiger partial charge in [-0.2, -0.15) is 0 Å². The van der Waals surface area contributed by atoms with Gasteiger partial charge in [-0.1, -0.05) is 48.5 Å². The monoisotopic (exact) mass is 322 g/mol. The zero-order chi connectivity index (χ0) is 16.5. The van der Waals surface area contributed by atoms with Crippen molar-refractivity contribution in [1.82, 2.24) is 10.0 Å². The molecule has 0 unspecified atom stereocenters. The van der Waals surface area contributed by atoms with Crippen LogP contribution in [0.5, 0.6) is 0 Å². The molecule has 0 saturated carbocycles. The van der Waals surface area contributed by atoms with Crippen LogP contribution >= 0.6 is 0 Å². The molecular formula is C20H22N2O2. The number of fused-ring (bicyclic) bond motifs is 1. The Morgan fingerprint density at radius 2 is 1.83 bits per heavy atom. The first-order chi connectivity index (χ1) is 11.8. The molecule has 4 nitrogen and oxygen atoms in total. The van der Waals surface area contributed by atoms with Gasteiger partial charge in [0.15, 0.2) is 0 Å². The first-order valence-corrected chi connectivity index (χ1v) is 8.54. The Kier molecular flexibility index (Phi) is 4.08. The normalized spacial score (nSPS) is 23.7. The standard InChI is InChI=1S/C20H22N2O2/c1-24-14-16-10-7-13-21(16)22-19(15-8-3-2-4-9-15)17-11-5-6-12-18(17)20(22)23/h2-6,8-9,11-12,16,19H,7,10,13-14H2,1H3/t16-,19+/m0/s1. The van der Waals surface area contributed by atoms with Gasteiger partial charge in [0, 0.05) is 19.2 Å². The fraction of sp³-hybridized carbons (Fsp3) is 0.350. The van der Waals surface area contributed by atoms with Crippen molar-refractivity contribution in [2.75, 3.05) is 20.3 Å². The molecule has 2 aliphatic rings. The highest BCUT2D eigenvalue weighted by molar-refractivity contribution is 5.99. The topological polar surface area (TPSA) is 32.8 Å². The summed E-state index contributed by atoms with van der Waals surface area (Å²) in [4.78, 5) is 13.2. The van der Waals surface area contributed by atoms with Crippen LogP contribution < -0.4 is 0 Å². The van der Waals surface area contributed by atoms with Gasteiger partial charge in [-0.15, -0.1) is 0 Å². The number of methoxy groups -OCH3 is 1. The maximum atomic E-state index is 13.2. The maximum Gasteiger partial charge on any atom is 0.269 e. The Hall–Kier alpha value is -2.17. The molecule has 2 aliphatic heterocycles. The lowest BCUT2D eigenvalue weighted by atomic mass is 9.98. The van der Waals surface area contributed by atoms with Crippen LogP contribution in [0, 0.1) is 0 Å². The number of ether oxygens (including phenoxy) is 1. The molecule has 0 aromatic heterocycles. The molecular weight excluding hydrogens is 300 g/mol. The van der Waals surface area contributed by atoms with Crippen LogP contribution in [0.15, 0.2) is 54.6 Å². The fourth-order valence-electron chi connectivity index (χ4n) is 3.99. The summed E-state index contributed by atoms with van der Waals surface area (Å²) in [6.45, 7) is 1.55. The first-order valence-electron chi connectivity index (χ1n) is 8.54. The van der Waals surface area contributed by atoms with E-state index in [1.165, 1.54) is 0 Å². The van der Waals surface area contributed by atoms with Gasteiger partial charge in [-0.3, -0.25) is 9.80 Å². The van der Waals surface area contributed by atoms with Gasteiger partial charge in [0.1, 0.15) is 0 Å². The van der Waals surface area contributed by atoms with Gasteiger partial charge in [0.05, 0.1) is 18.7 Å². The molecule has 0 radical (unpaired) electrons. The minimum atomic E-state index is -0.0487. The van der Waals surface area contributed by atoms with Crippen molar-refractivity contribution < 1.29 is 9.53 Å². The van der Waals surface area contributed by atoms with Crippen molar-refractivity contribution in [3.8, 4) is 0 Å². The Labute approximate surface area is 142 Å². The van der Waals surface area contributed by atoms with Crippen LogP contribution in [-0.2, 0) is 4.74 Å². The number of carbonyl (C=O) groups is 1. The minimum Gasteiger partial charge on any atom is -0.383 e. The highest BCUT2D eigenvalue weighted by Gasteiger charge is 2.44. The molecule has 1 fully saturated rings. The summed E-state index contributed by atoms with van der Waals surface area (Å²) in [6.07, 6.45) is 2.16. The van der Waals surface area contributed by atoms with Crippen LogP contribution in [0.2, 0.25) is 0 Å². The van der Waals surface area contributed by atoms with E-state index in [0.29, 0.717) is 6.61 Å². The minimum absolute atomic E-state index is 0.0487. The number of benzene rings is 2. The molecule has 2 aromatic rings. The van der Waals surface area contributed by atoms with Crippen LogP contribution in [-0.4, -0.2) is 42.2 Å². The predicted octanol–water partition coefficient (Wildman–Crippen LogP) is 3.26. The second-order valence-corrected chi connectivity index (χ2v) is 6.46. The van der Waals surface area contributed by atoms with Gasteiger partial charge in [-0.05, 0) is 30.0 Å². The lowest BCUT2D eigenvalue weighted by Crippen LogP contribution is -2.49. The predicted molar refractivity (Wildman–Crippen MR) is 92.5 cm³/mol. The number of carbonyl (C=O) groups excluding carboxylic acids is 1. The molecule has 2 heterocycles. The second kappa shape index (κ2) is 6.38. The molecule has 1 saturated heterocycles. The molecule has 24 heavy (non-hydrogen) atoms. The highest BCUT2D eigenvalue weighted by Crippen LogP contribution is 2.41. The molecule has 4 heteroatoms. The third-order valence-corrected chi connectivity index (χ3v) is 5.04. The van der Waals surface area contributed by atoms with E-state index in [1.54, 1.807) is 7.11 Å². The lowest BCUT2D eigenvalue weighted by molar-refractivity contribution is -0.0466. The van der Waals surface area contributed by atoms with Gasteiger partial charge in [0.2, 0.25) is 0 Å². The fourth-order valence-corrected chi connectivity index (χ4v) is 3.99. The van der Waals surface area contributed by atoms with Crippen molar-refractivity contribution in [2.45, 2.75) is 24.9 Å². The van der Waals surface area contributed by atoms with E-state index in [0.717, 1.165) is 36.1 Å². The molecule has 0 bridgehead atoms. The summed E-state index contributed by atoms with van der Waals surface area (Å²) >= 11 is 0.